The SMILES string of the molecule is CC1CCC(NC(/C=C/c2ccccc2Cl)=N/C#N)CC1. The Hall–Kier alpha value is -1.79. The van der Waals surface area contributed by atoms with E-state index >= 15 is 0 Å². The summed E-state index contributed by atoms with van der Waals surface area (Å²) in [5.74, 6) is 1.41. The second-order valence-electron chi connectivity index (χ2n) is 5.55. The summed E-state index contributed by atoms with van der Waals surface area (Å²) in [6, 6.07) is 8.02. The first-order valence-corrected chi connectivity index (χ1v) is 7.72. The van der Waals surface area contributed by atoms with Crippen LogP contribution in [0.2, 0.25) is 5.02 Å². The molecule has 0 aliphatic heterocycles. The number of hydrogen-bond donors (Lipinski definition) is 1. The molecular weight excluding hydrogens is 282 g/mol. The van der Waals surface area contributed by atoms with E-state index in [2.05, 4.69) is 17.2 Å². The highest BCUT2D eigenvalue weighted by Gasteiger charge is 2.18. The first kappa shape index (κ1) is 15.6. The molecular formula is C17H20ClN3. The predicted molar refractivity (Wildman–Crippen MR) is 88.1 cm³/mol. The molecule has 0 heterocycles. The minimum absolute atomic E-state index is 0.407. The first-order valence-electron chi connectivity index (χ1n) is 7.35. The number of benzene rings is 1. The van der Waals surface area contributed by atoms with Crippen molar-refractivity contribution in [1.82, 2.24) is 5.32 Å². The van der Waals surface area contributed by atoms with Crippen LogP contribution in [0.5, 0.6) is 0 Å². The normalized spacial score (nSPS) is 23.0. The standard InChI is InChI=1S/C17H20ClN3/c1-13-6-9-15(10-7-13)21-17(20-12-19)11-8-14-4-2-3-5-16(14)18/h2-5,8,11,13,15H,6-7,9-10H2,1H3,(H,20,21)/b11-8+. The second-order valence-corrected chi connectivity index (χ2v) is 5.96. The minimum Gasteiger partial charge on any atom is -0.367 e. The Bertz CT molecular complexity index is 564. The van der Waals surface area contributed by atoms with Gasteiger partial charge < -0.3 is 5.32 Å². The lowest BCUT2D eigenvalue weighted by Gasteiger charge is -2.27. The molecule has 0 spiro atoms. The van der Waals surface area contributed by atoms with E-state index in [0.717, 1.165) is 24.3 Å². The molecule has 1 aromatic carbocycles. The van der Waals surface area contributed by atoms with Gasteiger partial charge in [-0.25, -0.2) is 0 Å². The monoisotopic (exact) mass is 301 g/mol. The quantitative estimate of drug-likeness (QED) is 0.511. The van der Waals surface area contributed by atoms with Gasteiger partial charge in [-0.3, -0.25) is 0 Å². The molecule has 0 radical (unpaired) electrons. The highest BCUT2D eigenvalue weighted by molar-refractivity contribution is 6.32. The molecule has 1 fully saturated rings. The maximum atomic E-state index is 8.82. The van der Waals surface area contributed by atoms with Crippen LogP contribution in [0.4, 0.5) is 0 Å². The van der Waals surface area contributed by atoms with Gasteiger partial charge in [0.1, 0.15) is 5.84 Å². The fraction of sp³-hybridized carbons (Fsp3) is 0.412. The maximum Gasteiger partial charge on any atom is 0.207 e. The van der Waals surface area contributed by atoms with Crippen molar-refractivity contribution in [3.63, 3.8) is 0 Å². The topological polar surface area (TPSA) is 48.2 Å². The Kier molecular flexibility index (Phi) is 5.83. The highest BCUT2D eigenvalue weighted by atomic mass is 35.5. The fourth-order valence-electron chi connectivity index (χ4n) is 2.56. The summed E-state index contributed by atoms with van der Waals surface area (Å²) in [6.07, 6.45) is 10.3. The lowest BCUT2D eigenvalue weighted by atomic mass is 9.87. The Labute approximate surface area is 131 Å². The number of amidine groups is 1. The number of hydrogen-bond acceptors (Lipinski definition) is 2. The number of nitrogens with zero attached hydrogens (tertiary/aromatic N) is 2. The van der Waals surface area contributed by atoms with Crippen LogP contribution in [0.15, 0.2) is 35.3 Å². The lowest BCUT2D eigenvalue weighted by molar-refractivity contribution is 0.331. The molecule has 1 aliphatic rings. The summed E-state index contributed by atoms with van der Waals surface area (Å²) in [5.41, 5.74) is 0.920. The van der Waals surface area contributed by atoms with Gasteiger partial charge >= 0.3 is 0 Å². The van der Waals surface area contributed by atoms with E-state index in [1.165, 1.54) is 12.8 Å². The molecule has 1 aliphatic carbocycles. The molecule has 1 saturated carbocycles. The van der Waals surface area contributed by atoms with Crippen LogP contribution >= 0.6 is 11.6 Å². The van der Waals surface area contributed by atoms with E-state index in [9.17, 15) is 0 Å². The molecule has 1 N–H and O–H groups in total. The zero-order valence-corrected chi connectivity index (χ0v) is 13.0. The van der Waals surface area contributed by atoms with E-state index in [0.29, 0.717) is 16.9 Å². The molecule has 0 atom stereocenters. The molecule has 0 bridgehead atoms. The van der Waals surface area contributed by atoms with Crippen LogP contribution in [-0.2, 0) is 0 Å². The van der Waals surface area contributed by atoms with Crippen molar-refractivity contribution in [3.8, 4) is 6.19 Å². The summed E-state index contributed by atoms with van der Waals surface area (Å²) < 4.78 is 0. The number of halogens is 1. The number of aliphatic imine (C=N–C) groups is 1. The molecule has 0 amide bonds. The van der Waals surface area contributed by atoms with E-state index in [4.69, 9.17) is 16.9 Å². The van der Waals surface area contributed by atoms with Gasteiger partial charge in [-0.05, 0) is 55.4 Å². The van der Waals surface area contributed by atoms with Gasteiger partial charge in [-0.2, -0.15) is 10.3 Å². The van der Waals surface area contributed by atoms with Crippen LogP contribution in [0, 0.1) is 17.4 Å². The van der Waals surface area contributed by atoms with Crippen molar-refractivity contribution in [2.24, 2.45) is 10.9 Å². The van der Waals surface area contributed by atoms with Gasteiger partial charge in [0.15, 0.2) is 0 Å². The molecule has 1 aromatic rings. The van der Waals surface area contributed by atoms with Crippen LogP contribution in [0.1, 0.15) is 38.2 Å². The average Bonchev–Trinajstić information content (AvgIpc) is 2.49. The Morgan fingerprint density at radius 1 is 1.33 bits per heavy atom. The van der Waals surface area contributed by atoms with Gasteiger partial charge in [-0.15, -0.1) is 0 Å². The summed E-state index contributed by atoms with van der Waals surface area (Å²) in [7, 11) is 0. The van der Waals surface area contributed by atoms with Crippen molar-refractivity contribution in [2.75, 3.05) is 0 Å². The van der Waals surface area contributed by atoms with Gasteiger partial charge in [0.25, 0.3) is 0 Å². The Balaban J connectivity index is 2.02. The molecule has 21 heavy (non-hydrogen) atoms. The van der Waals surface area contributed by atoms with E-state index in [-0.39, 0.29) is 0 Å². The van der Waals surface area contributed by atoms with Crippen molar-refractivity contribution in [2.45, 2.75) is 38.6 Å². The fourth-order valence-corrected chi connectivity index (χ4v) is 2.76. The summed E-state index contributed by atoms with van der Waals surface area (Å²) in [6.45, 7) is 2.29. The van der Waals surface area contributed by atoms with Crippen molar-refractivity contribution < 1.29 is 0 Å². The highest BCUT2D eigenvalue weighted by Crippen LogP contribution is 2.23. The van der Waals surface area contributed by atoms with E-state index in [1.807, 2.05) is 42.6 Å². The number of rotatable bonds is 3. The van der Waals surface area contributed by atoms with Crippen molar-refractivity contribution in [3.05, 3.63) is 40.9 Å². The van der Waals surface area contributed by atoms with Gasteiger partial charge in [0, 0.05) is 11.1 Å². The molecule has 0 unspecified atom stereocenters. The first-order chi connectivity index (χ1) is 10.2. The molecule has 2 rings (SSSR count). The molecule has 4 heteroatoms. The van der Waals surface area contributed by atoms with Crippen LogP contribution in [0.25, 0.3) is 6.08 Å². The largest absolute Gasteiger partial charge is 0.367 e. The third kappa shape index (κ3) is 4.91. The predicted octanol–water partition coefficient (Wildman–Crippen LogP) is 4.40. The van der Waals surface area contributed by atoms with E-state index in [1.54, 1.807) is 0 Å². The third-order valence-corrected chi connectivity index (χ3v) is 4.21. The summed E-state index contributed by atoms with van der Waals surface area (Å²) >= 11 is 6.12. The summed E-state index contributed by atoms with van der Waals surface area (Å²) in [5, 5.41) is 12.9. The number of nitrogens with one attached hydrogen (secondary N) is 1. The minimum atomic E-state index is 0.407. The van der Waals surface area contributed by atoms with Gasteiger partial charge in [-0.1, -0.05) is 36.7 Å². The zero-order chi connectivity index (χ0) is 15.1. The average molecular weight is 302 g/mol. The van der Waals surface area contributed by atoms with Gasteiger partial charge in [0.2, 0.25) is 6.19 Å². The maximum absolute atomic E-state index is 8.82. The molecule has 0 aromatic heterocycles. The Morgan fingerprint density at radius 3 is 2.71 bits per heavy atom. The smallest absolute Gasteiger partial charge is 0.207 e. The van der Waals surface area contributed by atoms with E-state index < -0.39 is 0 Å². The number of nitriles is 1. The van der Waals surface area contributed by atoms with Crippen molar-refractivity contribution >= 4 is 23.5 Å². The van der Waals surface area contributed by atoms with Crippen LogP contribution in [0.3, 0.4) is 0 Å². The summed E-state index contributed by atoms with van der Waals surface area (Å²) in [4.78, 5) is 3.86. The second kappa shape index (κ2) is 7.85. The van der Waals surface area contributed by atoms with Crippen LogP contribution < -0.4 is 5.32 Å². The van der Waals surface area contributed by atoms with Crippen LogP contribution in [-0.4, -0.2) is 11.9 Å². The molecule has 0 saturated heterocycles. The molecule has 3 nitrogen and oxygen atoms in total. The molecule has 110 valence electrons. The lowest BCUT2D eigenvalue weighted by Crippen LogP contribution is -2.36. The van der Waals surface area contributed by atoms with Gasteiger partial charge in [0.05, 0.1) is 0 Å². The van der Waals surface area contributed by atoms with Crippen molar-refractivity contribution in [1.29, 1.82) is 5.26 Å². The zero-order valence-electron chi connectivity index (χ0n) is 12.2. The third-order valence-electron chi connectivity index (χ3n) is 3.86. The Morgan fingerprint density at radius 2 is 2.05 bits per heavy atom.